The lowest BCUT2D eigenvalue weighted by Gasteiger charge is -2.32. The smallest absolute Gasteiger partial charge is 0.464 e. The molecule has 0 unspecified atom stereocenters. The minimum atomic E-state index is -0.434. The van der Waals surface area contributed by atoms with Crippen molar-refractivity contribution in [3.63, 3.8) is 0 Å². The summed E-state index contributed by atoms with van der Waals surface area (Å²) in [5.41, 5.74) is 3.49. The normalized spacial score (nSPS) is 18.2. The molecule has 140 valence electrons. The van der Waals surface area contributed by atoms with Crippen molar-refractivity contribution < 1.29 is 13.7 Å². The van der Waals surface area contributed by atoms with E-state index in [1.54, 1.807) is 6.26 Å². The van der Waals surface area contributed by atoms with Gasteiger partial charge in [0.2, 0.25) is 0 Å². The SMILES string of the molecule is CC1(C)OB(c2c3ccc(-c4ccccc4)cc3cc3occc23)OC1(C)C. The standard InChI is InChI=1S/C24H23BO3/c1-23(2)24(3,4)28-25(27-23)22-19-11-10-17(16-8-6-5-7-9-16)14-18(19)15-21-20(22)12-13-26-21/h5-15H,1-4H3. The van der Waals surface area contributed by atoms with Gasteiger partial charge in [0.1, 0.15) is 5.58 Å². The highest BCUT2D eigenvalue weighted by atomic mass is 16.7. The Hall–Kier alpha value is -2.56. The molecule has 28 heavy (non-hydrogen) atoms. The first-order chi connectivity index (χ1) is 13.4. The van der Waals surface area contributed by atoms with Gasteiger partial charge in [-0.15, -0.1) is 0 Å². The summed E-state index contributed by atoms with van der Waals surface area (Å²) in [7, 11) is -0.434. The molecule has 3 aromatic carbocycles. The summed E-state index contributed by atoms with van der Waals surface area (Å²) in [6.07, 6.45) is 1.73. The van der Waals surface area contributed by atoms with Gasteiger partial charge >= 0.3 is 7.12 Å². The third kappa shape index (κ3) is 2.60. The Bertz CT molecular complexity index is 1160. The molecule has 0 radical (unpaired) electrons. The third-order valence-electron chi connectivity index (χ3n) is 6.21. The van der Waals surface area contributed by atoms with Gasteiger partial charge in [-0.2, -0.15) is 0 Å². The van der Waals surface area contributed by atoms with Crippen molar-refractivity contribution in [1.82, 2.24) is 0 Å². The molecule has 3 nitrogen and oxygen atoms in total. The van der Waals surface area contributed by atoms with Crippen LogP contribution in [0.25, 0.3) is 32.9 Å². The molecule has 0 atom stereocenters. The second kappa shape index (κ2) is 5.97. The number of fused-ring (bicyclic) bond motifs is 2. The van der Waals surface area contributed by atoms with Gasteiger partial charge in [-0.05, 0) is 67.8 Å². The summed E-state index contributed by atoms with van der Waals surface area (Å²) >= 11 is 0. The lowest BCUT2D eigenvalue weighted by molar-refractivity contribution is 0.00578. The predicted molar refractivity (Wildman–Crippen MR) is 115 cm³/mol. The maximum Gasteiger partial charge on any atom is 0.496 e. The van der Waals surface area contributed by atoms with Crippen LogP contribution >= 0.6 is 0 Å². The molecule has 0 amide bonds. The highest BCUT2D eigenvalue weighted by Gasteiger charge is 2.52. The molecule has 1 aromatic heterocycles. The molecule has 0 saturated carbocycles. The first kappa shape index (κ1) is 17.5. The maximum atomic E-state index is 6.39. The Morgan fingerprint density at radius 1 is 0.714 bits per heavy atom. The molecular weight excluding hydrogens is 347 g/mol. The molecule has 1 aliphatic heterocycles. The van der Waals surface area contributed by atoms with Crippen LogP contribution in [0.4, 0.5) is 0 Å². The zero-order chi connectivity index (χ0) is 19.5. The van der Waals surface area contributed by atoms with Crippen LogP contribution < -0.4 is 5.46 Å². The van der Waals surface area contributed by atoms with Crippen LogP contribution in [0.5, 0.6) is 0 Å². The van der Waals surface area contributed by atoms with E-state index in [-0.39, 0.29) is 11.2 Å². The van der Waals surface area contributed by atoms with E-state index < -0.39 is 7.12 Å². The van der Waals surface area contributed by atoms with Gasteiger partial charge in [-0.25, -0.2) is 0 Å². The molecular formula is C24H23BO3. The summed E-state index contributed by atoms with van der Waals surface area (Å²) in [5.74, 6) is 0. The highest BCUT2D eigenvalue weighted by molar-refractivity contribution is 6.68. The molecule has 0 aliphatic carbocycles. The van der Waals surface area contributed by atoms with Crippen LogP contribution in [0, 0.1) is 0 Å². The van der Waals surface area contributed by atoms with E-state index in [4.69, 9.17) is 13.7 Å². The second-order valence-electron chi connectivity index (χ2n) is 8.51. The van der Waals surface area contributed by atoms with Gasteiger partial charge in [0.15, 0.2) is 0 Å². The summed E-state index contributed by atoms with van der Waals surface area (Å²) in [4.78, 5) is 0. The molecule has 0 bridgehead atoms. The molecule has 5 rings (SSSR count). The minimum Gasteiger partial charge on any atom is -0.464 e. The topological polar surface area (TPSA) is 31.6 Å². The van der Waals surface area contributed by atoms with Gasteiger partial charge in [0.25, 0.3) is 0 Å². The van der Waals surface area contributed by atoms with E-state index in [1.807, 2.05) is 12.1 Å². The van der Waals surface area contributed by atoms with Crippen LogP contribution in [0.1, 0.15) is 27.7 Å². The van der Waals surface area contributed by atoms with Crippen molar-refractivity contribution in [2.75, 3.05) is 0 Å². The first-order valence-corrected chi connectivity index (χ1v) is 9.71. The van der Waals surface area contributed by atoms with Crippen LogP contribution in [-0.2, 0) is 9.31 Å². The quantitative estimate of drug-likeness (QED) is 0.434. The molecule has 0 N–H and O–H groups in total. The summed E-state index contributed by atoms with van der Waals surface area (Å²) in [5, 5.41) is 3.29. The molecule has 2 heterocycles. The van der Waals surface area contributed by atoms with Crippen molar-refractivity contribution in [3.8, 4) is 11.1 Å². The van der Waals surface area contributed by atoms with Crippen LogP contribution in [-0.4, -0.2) is 18.3 Å². The Morgan fingerprint density at radius 3 is 2.14 bits per heavy atom. The molecule has 1 saturated heterocycles. The summed E-state index contributed by atoms with van der Waals surface area (Å²) < 4.78 is 18.5. The minimum absolute atomic E-state index is 0.389. The zero-order valence-electron chi connectivity index (χ0n) is 16.7. The second-order valence-corrected chi connectivity index (χ2v) is 8.51. The summed E-state index contributed by atoms with van der Waals surface area (Å²) in [6, 6.07) is 21.1. The fourth-order valence-electron chi connectivity index (χ4n) is 3.89. The Kier molecular flexibility index (Phi) is 3.74. The van der Waals surface area contributed by atoms with E-state index in [2.05, 4.69) is 76.2 Å². The average Bonchev–Trinajstić information content (AvgIpc) is 3.21. The number of benzene rings is 3. The number of furan rings is 1. The van der Waals surface area contributed by atoms with Gasteiger partial charge in [0, 0.05) is 10.8 Å². The lowest BCUT2D eigenvalue weighted by atomic mass is 9.74. The van der Waals surface area contributed by atoms with Crippen molar-refractivity contribution >= 4 is 34.3 Å². The van der Waals surface area contributed by atoms with Crippen molar-refractivity contribution in [2.45, 2.75) is 38.9 Å². The Morgan fingerprint density at radius 2 is 1.43 bits per heavy atom. The van der Waals surface area contributed by atoms with E-state index in [0.717, 1.165) is 27.2 Å². The highest BCUT2D eigenvalue weighted by Crippen LogP contribution is 2.38. The Labute approximate surface area is 165 Å². The lowest BCUT2D eigenvalue weighted by Crippen LogP contribution is -2.41. The van der Waals surface area contributed by atoms with E-state index in [9.17, 15) is 0 Å². The molecule has 4 aromatic rings. The number of hydrogen-bond acceptors (Lipinski definition) is 3. The third-order valence-corrected chi connectivity index (χ3v) is 6.21. The van der Waals surface area contributed by atoms with Crippen LogP contribution in [0.3, 0.4) is 0 Å². The fraction of sp³-hybridized carbons (Fsp3) is 0.250. The van der Waals surface area contributed by atoms with Crippen LogP contribution in [0.15, 0.2) is 71.3 Å². The van der Waals surface area contributed by atoms with Gasteiger partial charge in [-0.1, -0.05) is 42.5 Å². The number of hydrogen-bond donors (Lipinski definition) is 0. The maximum absolute atomic E-state index is 6.39. The monoisotopic (exact) mass is 370 g/mol. The van der Waals surface area contributed by atoms with Gasteiger partial charge < -0.3 is 13.7 Å². The molecule has 0 spiro atoms. The van der Waals surface area contributed by atoms with Crippen molar-refractivity contribution in [2.24, 2.45) is 0 Å². The van der Waals surface area contributed by atoms with Gasteiger partial charge in [-0.3, -0.25) is 0 Å². The Balaban J connectivity index is 1.72. The molecule has 4 heteroatoms. The summed E-state index contributed by atoms with van der Waals surface area (Å²) in [6.45, 7) is 8.33. The van der Waals surface area contributed by atoms with Gasteiger partial charge in [0.05, 0.1) is 17.5 Å². The molecule has 1 aliphatic rings. The van der Waals surface area contributed by atoms with Crippen LogP contribution in [0.2, 0.25) is 0 Å². The van der Waals surface area contributed by atoms with Crippen molar-refractivity contribution in [1.29, 1.82) is 0 Å². The van der Waals surface area contributed by atoms with Crippen molar-refractivity contribution in [3.05, 3.63) is 66.9 Å². The predicted octanol–water partition coefficient (Wildman–Crippen LogP) is 5.55. The largest absolute Gasteiger partial charge is 0.496 e. The molecule has 1 fully saturated rings. The number of rotatable bonds is 2. The average molecular weight is 370 g/mol. The zero-order valence-corrected chi connectivity index (χ0v) is 16.7. The van der Waals surface area contributed by atoms with E-state index in [0.29, 0.717) is 0 Å². The first-order valence-electron chi connectivity index (χ1n) is 9.71. The van der Waals surface area contributed by atoms with E-state index >= 15 is 0 Å². The van der Waals surface area contributed by atoms with E-state index in [1.165, 1.54) is 11.1 Å². The fourth-order valence-corrected chi connectivity index (χ4v) is 3.89.